The third kappa shape index (κ3) is 4.88. The highest BCUT2D eigenvalue weighted by molar-refractivity contribution is 6.05. The number of nitrogens with one attached hydrogen (secondary N) is 3. The largest absolute Gasteiger partial charge is 0.336 e. The zero-order valence-corrected chi connectivity index (χ0v) is 16.0. The SMILES string of the molecule is CC(C)NC(=O)Nc1ccc(NC(=O)c2ccc(N3CCCC3=O)cc2)cc1. The molecule has 3 N–H and O–H groups in total. The number of hydrogen-bond acceptors (Lipinski definition) is 3. The first-order valence-electron chi connectivity index (χ1n) is 9.32. The Morgan fingerprint density at radius 2 is 1.54 bits per heavy atom. The van der Waals surface area contributed by atoms with Crippen molar-refractivity contribution < 1.29 is 14.4 Å². The van der Waals surface area contributed by atoms with Crippen LogP contribution in [0.1, 0.15) is 37.0 Å². The summed E-state index contributed by atoms with van der Waals surface area (Å²) in [5.41, 5.74) is 2.58. The molecule has 1 fully saturated rings. The molecule has 1 heterocycles. The normalized spacial score (nSPS) is 13.5. The predicted molar refractivity (Wildman–Crippen MR) is 110 cm³/mol. The number of anilines is 3. The van der Waals surface area contributed by atoms with Crippen molar-refractivity contribution in [3.8, 4) is 0 Å². The van der Waals surface area contributed by atoms with Gasteiger partial charge in [-0.05, 0) is 68.8 Å². The van der Waals surface area contributed by atoms with Gasteiger partial charge < -0.3 is 20.9 Å². The Labute approximate surface area is 164 Å². The van der Waals surface area contributed by atoms with Crippen LogP contribution >= 0.6 is 0 Å². The highest BCUT2D eigenvalue weighted by Gasteiger charge is 2.21. The van der Waals surface area contributed by atoms with E-state index in [1.165, 1.54) is 0 Å². The van der Waals surface area contributed by atoms with Crippen molar-refractivity contribution in [2.75, 3.05) is 22.1 Å². The van der Waals surface area contributed by atoms with Crippen LogP contribution in [-0.4, -0.2) is 30.4 Å². The zero-order valence-electron chi connectivity index (χ0n) is 16.0. The van der Waals surface area contributed by atoms with Crippen molar-refractivity contribution in [1.82, 2.24) is 5.32 Å². The molecule has 0 spiro atoms. The Bertz CT molecular complexity index is 860. The summed E-state index contributed by atoms with van der Waals surface area (Å²) in [6, 6.07) is 13.7. The molecule has 7 nitrogen and oxygen atoms in total. The van der Waals surface area contributed by atoms with E-state index in [1.54, 1.807) is 53.4 Å². The molecule has 0 radical (unpaired) electrons. The summed E-state index contributed by atoms with van der Waals surface area (Å²) in [6.07, 6.45) is 1.44. The Balaban J connectivity index is 1.58. The van der Waals surface area contributed by atoms with Crippen LogP contribution in [0.2, 0.25) is 0 Å². The summed E-state index contributed by atoms with van der Waals surface area (Å²) in [5.74, 6) is -0.120. The Morgan fingerprint density at radius 3 is 2.07 bits per heavy atom. The third-order valence-corrected chi connectivity index (χ3v) is 4.33. The average Bonchev–Trinajstić information content (AvgIpc) is 3.08. The van der Waals surface area contributed by atoms with Gasteiger partial charge in [0.1, 0.15) is 0 Å². The molecule has 3 rings (SSSR count). The first-order valence-corrected chi connectivity index (χ1v) is 9.32. The van der Waals surface area contributed by atoms with E-state index in [4.69, 9.17) is 0 Å². The quantitative estimate of drug-likeness (QED) is 0.740. The van der Waals surface area contributed by atoms with Crippen LogP contribution in [0.3, 0.4) is 0 Å². The molecule has 1 saturated heterocycles. The van der Waals surface area contributed by atoms with Gasteiger partial charge in [0, 0.05) is 41.6 Å². The highest BCUT2D eigenvalue weighted by Crippen LogP contribution is 2.22. The topological polar surface area (TPSA) is 90.5 Å². The Hall–Kier alpha value is -3.35. The van der Waals surface area contributed by atoms with Gasteiger partial charge in [0.15, 0.2) is 0 Å². The van der Waals surface area contributed by atoms with E-state index >= 15 is 0 Å². The fraction of sp³-hybridized carbons (Fsp3) is 0.286. The molecule has 0 saturated carbocycles. The molecule has 0 aliphatic carbocycles. The molecule has 2 aromatic rings. The molecule has 146 valence electrons. The van der Waals surface area contributed by atoms with E-state index in [9.17, 15) is 14.4 Å². The smallest absolute Gasteiger partial charge is 0.319 e. The first kappa shape index (κ1) is 19.4. The molecule has 1 aliphatic rings. The van der Waals surface area contributed by atoms with Crippen molar-refractivity contribution in [1.29, 1.82) is 0 Å². The van der Waals surface area contributed by atoms with Crippen LogP contribution in [0.5, 0.6) is 0 Å². The monoisotopic (exact) mass is 380 g/mol. The maximum absolute atomic E-state index is 12.4. The van der Waals surface area contributed by atoms with Crippen LogP contribution in [-0.2, 0) is 4.79 Å². The van der Waals surface area contributed by atoms with E-state index in [0.29, 0.717) is 23.4 Å². The number of nitrogens with zero attached hydrogens (tertiary/aromatic N) is 1. The van der Waals surface area contributed by atoms with E-state index < -0.39 is 0 Å². The van der Waals surface area contributed by atoms with E-state index in [0.717, 1.165) is 18.7 Å². The second-order valence-electron chi connectivity index (χ2n) is 6.98. The summed E-state index contributed by atoms with van der Waals surface area (Å²) >= 11 is 0. The van der Waals surface area contributed by atoms with Crippen molar-refractivity contribution in [2.45, 2.75) is 32.7 Å². The molecular weight excluding hydrogens is 356 g/mol. The average molecular weight is 380 g/mol. The molecule has 28 heavy (non-hydrogen) atoms. The van der Waals surface area contributed by atoms with Crippen LogP contribution in [0, 0.1) is 0 Å². The molecule has 2 aromatic carbocycles. The van der Waals surface area contributed by atoms with Gasteiger partial charge in [0.05, 0.1) is 0 Å². The minimum absolute atomic E-state index is 0.0496. The number of carbonyl (C=O) groups excluding carboxylic acids is 3. The molecule has 0 atom stereocenters. The van der Waals surface area contributed by atoms with Gasteiger partial charge in [0.25, 0.3) is 5.91 Å². The number of amides is 4. The van der Waals surface area contributed by atoms with E-state index in [2.05, 4.69) is 16.0 Å². The lowest BCUT2D eigenvalue weighted by Gasteiger charge is -2.16. The summed E-state index contributed by atoms with van der Waals surface area (Å²) in [6.45, 7) is 4.49. The highest BCUT2D eigenvalue weighted by atomic mass is 16.2. The number of carbonyl (C=O) groups is 3. The number of benzene rings is 2. The predicted octanol–water partition coefficient (Wildman–Crippen LogP) is 3.60. The van der Waals surface area contributed by atoms with E-state index in [1.807, 2.05) is 13.8 Å². The molecule has 0 bridgehead atoms. The Morgan fingerprint density at radius 1 is 0.929 bits per heavy atom. The minimum atomic E-state index is -0.275. The lowest BCUT2D eigenvalue weighted by Crippen LogP contribution is -2.34. The van der Waals surface area contributed by atoms with Gasteiger partial charge in [-0.3, -0.25) is 9.59 Å². The van der Waals surface area contributed by atoms with Gasteiger partial charge in [-0.15, -0.1) is 0 Å². The van der Waals surface area contributed by atoms with Gasteiger partial charge in [-0.1, -0.05) is 0 Å². The van der Waals surface area contributed by atoms with Gasteiger partial charge in [0.2, 0.25) is 5.91 Å². The summed E-state index contributed by atoms with van der Waals surface area (Å²) in [7, 11) is 0. The van der Waals surface area contributed by atoms with Crippen molar-refractivity contribution in [3.63, 3.8) is 0 Å². The second-order valence-corrected chi connectivity index (χ2v) is 6.98. The van der Waals surface area contributed by atoms with Crippen LogP contribution < -0.4 is 20.9 Å². The number of hydrogen-bond donors (Lipinski definition) is 3. The minimum Gasteiger partial charge on any atom is -0.336 e. The third-order valence-electron chi connectivity index (χ3n) is 4.33. The maximum Gasteiger partial charge on any atom is 0.319 e. The van der Waals surface area contributed by atoms with Crippen LogP contribution in [0.25, 0.3) is 0 Å². The Kier molecular flexibility index (Phi) is 5.93. The maximum atomic E-state index is 12.4. The van der Waals surface area contributed by atoms with Gasteiger partial charge in [-0.25, -0.2) is 4.79 Å². The molecule has 4 amide bonds. The van der Waals surface area contributed by atoms with Gasteiger partial charge >= 0.3 is 6.03 Å². The summed E-state index contributed by atoms with van der Waals surface area (Å²) in [5, 5.41) is 8.29. The molecule has 1 aliphatic heterocycles. The fourth-order valence-electron chi connectivity index (χ4n) is 2.98. The number of rotatable bonds is 5. The lowest BCUT2D eigenvalue weighted by atomic mass is 10.1. The zero-order chi connectivity index (χ0) is 20.1. The van der Waals surface area contributed by atoms with Crippen molar-refractivity contribution >= 4 is 34.9 Å². The molecule has 0 aromatic heterocycles. The summed E-state index contributed by atoms with van der Waals surface area (Å²) < 4.78 is 0. The van der Waals surface area contributed by atoms with Crippen LogP contribution in [0.4, 0.5) is 21.9 Å². The summed E-state index contributed by atoms with van der Waals surface area (Å²) in [4.78, 5) is 37.7. The van der Waals surface area contributed by atoms with Crippen molar-refractivity contribution in [2.24, 2.45) is 0 Å². The van der Waals surface area contributed by atoms with E-state index in [-0.39, 0.29) is 23.9 Å². The molecular formula is C21H24N4O3. The fourth-order valence-corrected chi connectivity index (χ4v) is 2.98. The van der Waals surface area contributed by atoms with Gasteiger partial charge in [-0.2, -0.15) is 0 Å². The van der Waals surface area contributed by atoms with Crippen LogP contribution in [0.15, 0.2) is 48.5 Å². The first-order chi connectivity index (χ1) is 13.4. The molecule has 0 unspecified atom stereocenters. The lowest BCUT2D eigenvalue weighted by molar-refractivity contribution is -0.117. The molecule has 7 heteroatoms. The second kappa shape index (κ2) is 8.56. The standard InChI is InChI=1S/C21H24N4O3/c1-14(2)22-21(28)24-17-9-7-16(8-10-17)23-20(27)15-5-11-18(12-6-15)25-13-3-4-19(25)26/h5-12,14H,3-4,13H2,1-2H3,(H,23,27)(H2,22,24,28). The number of urea groups is 1. The van der Waals surface area contributed by atoms with Crippen molar-refractivity contribution in [3.05, 3.63) is 54.1 Å².